The third-order valence-corrected chi connectivity index (χ3v) is 6.66. The molecule has 2 fully saturated rings. The molecule has 0 radical (unpaired) electrons. The number of carbonyl (C=O) groups is 1. The van der Waals surface area contributed by atoms with Gasteiger partial charge in [-0.25, -0.2) is 0 Å². The highest BCUT2D eigenvalue weighted by molar-refractivity contribution is 5.84. The van der Waals surface area contributed by atoms with Crippen molar-refractivity contribution >= 4 is 5.91 Å². The van der Waals surface area contributed by atoms with E-state index in [2.05, 4.69) is 52.7 Å². The Balaban J connectivity index is 1.36. The van der Waals surface area contributed by atoms with Crippen molar-refractivity contribution in [2.24, 2.45) is 5.41 Å². The summed E-state index contributed by atoms with van der Waals surface area (Å²) in [5.41, 5.74) is 6.19. The van der Waals surface area contributed by atoms with Crippen LogP contribution in [0.15, 0.2) is 42.5 Å². The van der Waals surface area contributed by atoms with Crippen molar-refractivity contribution in [3.05, 3.63) is 59.2 Å². The first-order chi connectivity index (χ1) is 13.2. The maximum atomic E-state index is 12.6. The van der Waals surface area contributed by atoms with Crippen LogP contribution in [0.5, 0.6) is 0 Å². The van der Waals surface area contributed by atoms with Crippen LogP contribution in [-0.4, -0.2) is 41.7 Å². The van der Waals surface area contributed by atoms with Crippen molar-refractivity contribution in [2.45, 2.75) is 38.3 Å². The molecule has 2 heterocycles. The van der Waals surface area contributed by atoms with Gasteiger partial charge in [0.15, 0.2) is 0 Å². The summed E-state index contributed by atoms with van der Waals surface area (Å²) in [5, 5.41) is 13.6. The van der Waals surface area contributed by atoms with Crippen molar-refractivity contribution in [1.29, 1.82) is 0 Å². The van der Waals surface area contributed by atoms with Crippen LogP contribution in [0.4, 0.5) is 0 Å². The predicted molar refractivity (Wildman–Crippen MR) is 105 cm³/mol. The van der Waals surface area contributed by atoms with Gasteiger partial charge < -0.3 is 10.4 Å². The summed E-state index contributed by atoms with van der Waals surface area (Å²) in [6.07, 6.45) is 2.89. The second-order valence-electron chi connectivity index (χ2n) is 8.36. The average molecular weight is 362 g/mol. The molecule has 4 nitrogen and oxygen atoms in total. The van der Waals surface area contributed by atoms with Gasteiger partial charge >= 0.3 is 0 Å². The van der Waals surface area contributed by atoms with E-state index in [1.165, 1.54) is 27.8 Å². The first-order valence-corrected chi connectivity index (χ1v) is 10.0. The normalized spacial score (nSPS) is 27.3. The van der Waals surface area contributed by atoms with Crippen LogP contribution in [0, 0.1) is 5.41 Å². The molecule has 0 saturated carbocycles. The quantitative estimate of drug-likeness (QED) is 0.737. The number of aliphatic hydroxyl groups excluding tert-OH is 1. The number of aliphatic hydroxyl groups is 1. The monoisotopic (exact) mass is 362 g/mol. The van der Waals surface area contributed by atoms with Gasteiger partial charge in [0.2, 0.25) is 5.91 Å². The Morgan fingerprint density at radius 1 is 1.15 bits per heavy atom. The van der Waals surface area contributed by atoms with Crippen molar-refractivity contribution in [3.63, 3.8) is 0 Å². The van der Waals surface area contributed by atoms with E-state index in [1.807, 2.05) is 0 Å². The highest BCUT2D eigenvalue weighted by Crippen LogP contribution is 2.39. The van der Waals surface area contributed by atoms with Gasteiger partial charge in [-0.05, 0) is 53.5 Å². The molecule has 2 aromatic carbocycles. The number of hydrogen-bond donors (Lipinski definition) is 2. The number of nitrogens with zero attached hydrogens (tertiary/aromatic N) is 1. The third-order valence-electron chi connectivity index (χ3n) is 6.66. The fourth-order valence-electron chi connectivity index (χ4n) is 5.22. The summed E-state index contributed by atoms with van der Waals surface area (Å²) in [7, 11) is 0. The van der Waals surface area contributed by atoms with Crippen LogP contribution in [-0.2, 0) is 17.8 Å². The Morgan fingerprint density at radius 2 is 2.00 bits per heavy atom. The first-order valence-electron chi connectivity index (χ1n) is 10.0. The predicted octanol–water partition coefficient (Wildman–Crippen LogP) is 2.72. The van der Waals surface area contributed by atoms with Crippen LogP contribution < -0.4 is 5.32 Å². The number of likely N-dealkylation sites (tertiary alicyclic amines) is 1. The maximum Gasteiger partial charge on any atom is 0.230 e. The van der Waals surface area contributed by atoms with Crippen LogP contribution in [0.2, 0.25) is 0 Å². The largest absolute Gasteiger partial charge is 0.392 e. The second-order valence-corrected chi connectivity index (χ2v) is 8.36. The minimum absolute atomic E-state index is 0.0374. The molecule has 0 bridgehead atoms. The Kier molecular flexibility index (Phi) is 4.06. The molecule has 1 spiro atoms. The van der Waals surface area contributed by atoms with E-state index in [0.29, 0.717) is 13.0 Å². The van der Waals surface area contributed by atoms with E-state index in [0.717, 1.165) is 38.9 Å². The molecule has 2 N–H and O–H groups in total. The lowest BCUT2D eigenvalue weighted by molar-refractivity contribution is -0.149. The topological polar surface area (TPSA) is 52.6 Å². The number of amides is 1. The lowest BCUT2D eigenvalue weighted by atomic mass is 9.71. The van der Waals surface area contributed by atoms with E-state index < -0.39 is 11.5 Å². The number of benzene rings is 2. The molecule has 0 aromatic heterocycles. The smallest absolute Gasteiger partial charge is 0.230 e. The van der Waals surface area contributed by atoms with Crippen molar-refractivity contribution in [2.75, 3.05) is 19.6 Å². The number of carbonyl (C=O) groups excluding carboxylic acids is 1. The fourth-order valence-corrected chi connectivity index (χ4v) is 5.22. The van der Waals surface area contributed by atoms with Gasteiger partial charge in [0.25, 0.3) is 0 Å². The lowest BCUT2D eigenvalue weighted by Crippen LogP contribution is -2.61. The van der Waals surface area contributed by atoms with Crippen LogP contribution in [0.1, 0.15) is 36.0 Å². The molecule has 4 heteroatoms. The molecule has 27 heavy (non-hydrogen) atoms. The third kappa shape index (κ3) is 2.79. The zero-order valence-electron chi connectivity index (χ0n) is 15.6. The molecule has 1 amide bonds. The molecule has 2 saturated heterocycles. The van der Waals surface area contributed by atoms with Gasteiger partial charge in [0, 0.05) is 26.2 Å². The molecular weight excluding hydrogens is 336 g/mol. The minimum atomic E-state index is -0.622. The van der Waals surface area contributed by atoms with Gasteiger partial charge in [-0.1, -0.05) is 42.5 Å². The van der Waals surface area contributed by atoms with Crippen LogP contribution in [0.25, 0.3) is 11.1 Å². The molecule has 0 unspecified atom stereocenters. The van der Waals surface area contributed by atoms with E-state index in [-0.39, 0.29) is 5.91 Å². The summed E-state index contributed by atoms with van der Waals surface area (Å²) < 4.78 is 0. The van der Waals surface area contributed by atoms with Gasteiger partial charge in [0.05, 0.1) is 11.5 Å². The second kappa shape index (κ2) is 6.47. The Morgan fingerprint density at radius 3 is 2.89 bits per heavy atom. The number of rotatable bonds is 2. The van der Waals surface area contributed by atoms with Gasteiger partial charge in [0.1, 0.15) is 0 Å². The molecule has 2 atom stereocenters. The Labute approximate surface area is 160 Å². The molecule has 2 aromatic rings. The fraction of sp³-hybridized carbons (Fsp3) is 0.435. The standard InChI is InChI=1S/C23H26N2O2/c26-21-8-11-25(15-23(21)9-3-10-24-22(23)27)14-16-6-7-20-18(12-16)13-17-4-1-2-5-19(17)20/h1-2,4-7,12,21,26H,3,8-11,13-15H2,(H,24,27)/t21-,23-/m1/s1. The van der Waals surface area contributed by atoms with E-state index in [4.69, 9.17) is 0 Å². The lowest BCUT2D eigenvalue weighted by Gasteiger charge is -2.47. The summed E-state index contributed by atoms with van der Waals surface area (Å²) in [4.78, 5) is 14.9. The summed E-state index contributed by atoms with van der Waals surface area (Å²) in [5.74, 6) is 0.0374. The highest BCUT2D eigenvalue weighted by Gasteiger charge is 2.49. The Bertz CT molecular complexity index is 894. The first kappa shape index (κ1) is 17.0. The molecule has 140 valence electrons. The summed E-state index contributed by atoms with van der Waals surface area (Å²) in [6, 6.07) is 15.4. The van der Waals surface area contributed by atoms with E-state index in [1.54, 1.807) is 0 Å². The highest BCUT2D eigenvalue weighted by atomic mass is 16.3. The van der Waals surface area contributed by atoms with Gasteiger partial charge in [-0.2, -0.15) is 0 Å². The van der Waals surface area contributed by atoms with Crippen molar-refractivity contribution in [1.82, 2.24) is 10.2 Å². The number of fused-ring (bicyclic) bond motifs is 3. The van der Waals surface area contributed by atoms with E-state index in [9.17, 15) is 9.90 Å². The van der Waals surface area contributed by atoms with Gasteiger partial charge in [-0.3, -0.25) is 9.69 Å². The zero-order valence-corrected chi connectivity index (χ0v) is 15.6. The van der Waals surface area contributed by atoms with E-state index >= 15 is 0 Å². The van der Waals surface area contributed by atoms with Crippen molar-refractivity contribution < 1.29 is 9.90 Å². The summed E-state index contributed by atoms with van der Waals surface area (Å²) >= 11 is 0. The average Bonchev–Trinajstić information content (AvgIpc) is 3.05. The maximum absolute atomic E-state index is 12.6. The number of nitrogens with one attached hydrogen (secondary N) is 1. The zero-order chi connectivity index (χ0) is 18.4. The van der Waals surface area contributed by atoms with Crippen molar-refractivity contribution in [3.8, 4) is 11.1 Å². The number of piperidine rings is 2. The summed E-state index contributed by atoms with van der Waals surface area (Å²) in [6.45, 7) is 3.06. The minimum Gasteiger partial charge on any atom is -0.392 e. The van der Waals surface area contributed by atoms with Crippen LogP contribution in [0.3, 0.4) is 0 Å². The molecule has 1 aliphatic carbocycles. The molecule has 3 aliphatic rings. The SMILES string of the molecule is O=C1NCCC[C@]12CN(Cc1ccc3c(c1)Cc1ccccc1-3)CC[C@H]2O. The molecule has 5 rings (SSSR count). The number of hydrogen-bond acceptors (Lipinski definition) is 3. The molecular formula is C23H26N2O2. The Hall–Kier alpha value is -2.17. The molecule has 2 aliphatic heterocycles. The van der Waals surface area contributed by atoms with Crippen LogP contribution >= 0.6 is 0 Å². The van der Waals surface area contributed by atoms with Gasteiger partial charge in [-0.15, -0.1) is 0 Å².